The van der Waals surface area contributed by atoms with E-state index in [0.29, 0.717) is 16.6 Å². The number of para-hydroxylation sites is 1. The summed E-state index contributed by atoms with van der Waals surface area (Å²) >= 11 is 5.99. The summed E-state index contributed by atoms with van der Waals surface area (Å²) < 4.78 is 5.78. The van der Waals surface area contributed by atoms with Crippen LogP contribution in [0.15, 0.2) is 41.1 Å². The van der Waals surface area contributed by atoms with Gasteiger partial charge in [-0.05, 0) is 18.6 Å². The van der Waals surface area contributed by atoms with Gasteiger partial charge in [0.05, 0.1) is 0 Å². The summed E-state index contributed by atoms with van der Waals surface area (Å²) in [6, 6.07) is 7.93. The molecule has 0 saturated heterocycles. The number of aryl methyl sites for hydroxylation is 1. The SMILES string of the molecule is Cc1cccc2cc(-c3nccnc3Cl)oc12. The van der Waals surface area contributed by atoms with Gasteiger partial charge in [-0.1, -0.05) is 29.8 Å². The average Bonchev–Trinajstić information content (AvgIpc) is 2.75. The van der Waals surface area contributed by atoms with Gasteiger partial charge in [-0.3, -0.25) is 0 Å². The number of nitrogens with zero attached hydrogens (tertiary/aromatic N) is 2. The Morgan fingerprint density at radius 3 is 2.76 bits per heavy atom. The van der Waals surface area contributed by atoms with Crippen molar-refractivity contribution in [2.75, 3.05) is 0 Å². The fourth-order valence-corrected chi connectivity index (χ4v) is 2.01. The van der Waals surface area contributed by atoms with E-state index in [-0.39, 0.29) is 0 Å². The van der Waals surface area contributed by atoms with Crippen molar-refractivity contribution < 1.29 is 4.42 Å². The van der Waals surface area contributed by atoms with Crippen molar-refractivity contribution in [1.82, 2.24) is 9.97 Å². The highest BCUT2D eigenvalue weighted by molar-refractivity contribution is 6.31. The van der Waals surface area contributed by atoms with Gasteiger partial charge in [-0.2, -0.15) is 0 Å². The first-order valence-corrected chi connectivity index (χ1v) is 5.59. The Balaban J connectivity index is 2.26. The summed E-state index contributed by atoms with van der Waals surface area (Å²) in [6.07, 6.45) is 3.15. The summed E-state index contributed by atoms with van der Waals surface area (Å²) in [5, 5.41) is 1.39. The van der Waals surface area contributed by atoms with Crippen LogP contribution in [0.5, 0.6) is 0 Å². The number of furan rings is 1. The Labute approximate surface area is 103 Å². The zero-order chi connectivity index (χ0) is 11.8. The zero-order valence-electron chi connectivity index (χ0n) is 9.14. The summed E-state index contributed by atoms with van der Waals surface area (Å²) in [6.45, 7) is 2.01. The normalized spacial score (nSPS) is 10.9. The molecule has 0 aliphatic rings. The van der Waals surface area contributed by atoms with Crippen molar-refractivity contribution in [2.24, 2.45) is 0 Å². The van der Waals surface area contributed by atoms with Crippen LogP contribution < -0.4 is 0 Å². The highest BCUT2D eigenvalue weighted by Gasteiger charge is 2.12. The topological polar surface area (TPSA) is 38.9 Å². The van der Waals surface area contributed by atoms with Gasteiger partial charge < -0.3 is 4.42 Å². The van der Waals surface area contributed by atoms with Crippen LogP contribution in [-0.4, -0.2) is 9.97 Å². The number of halogens is 1. The molecule has 0 N–H and O–H groups in total. The van der Waals surface area contributed by atoms with Crippen LogP contribution in [0.2, 0.25) is 5.15 Å². The predicted molar refractivity (Wildman–Crippen MR) is 67.0 cm³/mol. The van der Waals surface area contributed by atoms with Crippen molar-refractivity contribution in [3.8, 4) is 11.5 Å². The maximum atomic E-state index is 5.99. The van der Waals surface area contributed by atoms with Gasteiger partial charge >= 0.3 is 0 Å². The minimum Gasteiger partial charge on any atom is -0.454 e. The summed E-state index contributed by atoms with van der Waals surface area (Å²) in [4.78, 5) is 8.18. The van der Waals surface area contributed by atoms with Crippen LogP contribution in [0.1, 0.15) is 5.56 Å². The third-order valence-corrected chi connectivity index (χ3v) is 2.90. The molecule has 2 heterocycles. The molecule has 0 atom stereocenters. The lowest BCUT2D eigenvalue weighted by Gasteiger charge is -1.96. The first-order valence-electron chi connectivity index (χ1n) is 5.22. The van der Waals surface area contributed by atoms with E-state index in [1.807, 2.05) is 31.2 Å². The second-order valence-electron chi connectivity index (χ2n) is 3.80. The fourth-order valence-electron chi connectivity index (χ4n) is 1.81. The highest BCUT2D eigenvalue weighted by Crippen LogP contribution is 2.31. The van der Waals surface area contributed by atoms with Crippen molar-refractivity contribution in [2.45, 2.75) is 6.92 Å². The van der Waals surface area contributed by atoms with E-state index in [1.54, 1.807) is 12.4 Å². The standard InChI is InChI=1S/C13H9ClN2O/c1-8-3-2-4-9-7-10(17-12(8)9)11-13(14)16-6-5-15-11/h2-7H,1H3. The van der Waals surface area contributed by atoms with Crippen LogP contribution in [0.25, 0.3) is 22.4 Å². The molecule has 3 rings (SSSR count). The number of aromatic nitrogens is 2. The van der Waals surface area contributed by atoms with Gasteiger partial charge in [-0.15, -0.1) is 0 Å². The average molecular weight is 245 g/mol. The molecule has 0 spiro atoms. The molecule has 0 saturated carbocycles. The Morgan fingerprint density at radius 1 is 1.18 bits per heavy atom. The van der Waals surface area contributed by atoms with Gasteiger partial charge in [0, 0.05) is 17.8 Å². The number of rotatable bonds is 1. The zero-order valence-corrected chi connectivity index (χ0v) is 9.90. The minimum atomic E-state index is 0.351. The molecule has 2 aromatic heterocycles. The van der Waals surface area contributed by atoms with Gasteiger partial charge in [-0.25, -0.2) is 9.97 Å². The molecule has 4 heteroatoms. The Bertz CT molecular complexity index is 691. The van der Waals surface area contributed by atoms with Crippen molar-refractivity contribution in [3.63, 3.8) is 0 Å². The monoisotopic (exact) mass is 244 g/mol. The van der Waals surface area contributed by atoms with Gasteiger partial charge in [0.2, 0.25) is 0 Å². The smallest absolute Gasteiger partial charge is 0.158 e. The van der Waals surface area contributed by atoms with E-state index in [4.69, 9.17) is 16.0 Å². The van der Waals surface area contributed by atoms with Crippen LogP contribution >= 0.6 is 11.6 Å². The summed E-state index contributed by atoms with van der Waals surface area (Å²) in [5.41, 5.74) is 2.53. The van der Waals surface area contributed by atoms with E-state index in [9.17, 15) is 0 Å². The second-order valence-corrected chi connectivity index (χ2v) is 4.16. The Hall–Kier alpha value is -1.87. The maximum Gasteiger partial charge on any atom is 0.158 e. The van der Waals surface area contributed by atoms with E-state index in [1.165, 1.54) is 0 Å². The minimum absolute atomic E-state index is 0.351. The van der Waals surface area contributed by atoms with Crippen LogP contribution in [0.4, 0.5) is 0 Å². The molecule has 1 aromatic carbocycles. The van der Waals surface area contributed by atoms with E-state index >= 15 is 0 Å². The second kappa shape index (κ2) is 3.86. The number of benzene rings is 1. The molecule has 0 unspecified atom stereocenters. The molecule has 3 aromatic rings. The number of hydrogen-bond acceptors (Lipinski definition) is 3. The Kier molecular flexibility index (Phi) is 2.34. The molecule has 0 bridgehead atoms. The lowest BCUT2D eigenvalue weighted by atomic mass is 10.2. The van der Waals surface area contributed by atoms with Crippen LogP contribution in [-0.2, 0) is 0 Å². The van der Waals surface area contributed by atoms with Crippen LogP contribution in [0.3, 0.4) is 0 Å². The molecule has 0 aliphatic carbocycles. The molecular weight excluding hydrogens is 236 g/mol. The van der Waals surface area contributed by atoms with Gasteiger partial charge in [0.1, 0.15) is 11.3 Å². The first-order chi connectivity index (χ1) is 8.25. The lowest BCUT2D eigenvalue weighted by molar-refractivity contribution is 0.625. The molecule has 0 amide bonds. The first kappa shape index (κ1) is 10.3. The quantitative estimate of drug-likeness (QED) is 0.653. The van der Waals surface area contributed by atoms with E-state index < -0.39 is 0 Å². The number of fused-ring (bicyclic) bond motifs is 1. The van der Waals surface area contributed by atoms with Crippen LogP contribution in [0, 0.1) is 6.92 Å². The summed E-state index contributed by atoms with van der Waals surface area (Å²) in [5.74, 6) is 0.646. The Morgan fingerprint density at radius 2 is 2.00 bits per heavy atom. The molecule has 0 aliphatic heterocycles. The number of hydrogen-bond donors (Lipinski definition) is 0. The lowest BCUT2D eigenvalue weighted by Crippen LogP contribution is -1.84. The van der Waals surface area contributed by atoms with Crippen molar-refractivity contribution in [3.05, 3.63) is 47.4 Å². The van der Waals surface area contributed by atoms with Gasteiger partial charge in [0.25, 0.3) is 0 Å². The molecule has 3 nitrogen and oxygen atoms in total. The van der Waals surface area contributed by atoms with Crippen molar-refractivity contribution >= 4 is 22.6 Å². The van der Waals surface area contributed by atoms with Gasteiger partial charge in [0.15, 0.2) is 10.9 Å². The van der Waals surface area contributed by atoms with Crippen molar-refractivity contribution in [1.29, 1.82) is 0 Å². The third-order valence-electron chi connectivity index (χ3n) is 2.63. The molecule has 84 valence electrons. The van der Waals surface area contributed by atoms with E-state index in [0.717, 1.165) is 16.5 Å². The molecule has 0 fully saturated rings. The fraction of sp³-hybridized carbons (Fsp3) is 0.0769. The van der Waals surface area contributed by atoms with E-state index in [2.05, 4.69) is 9.97 Å². The maximum absolute atomic E-state index is 5.99. The molecule has 17 heavy (non-hydrogen) atoms. The largest absolute Gasteiger partial charge is 0.454 e. The predicted octanol–water partition coefficient (Wildman–Crippen LogP) is 3.85. The molecular formula is C13H9ClN2O. The third kappa shape index (κ3) is 1.68. The highest BCUT2D eigenvalue weighted by atomic mass is 35.5. The molecule has 0 radical (unpaired) electrons. The summed E-state index contributed by atoms with van der Waals surface area (Å²) in [7, 11) is 0.